The number of phenolic OH excluding ortho intramolecular Hbond substituents is 1. The van der Waals surface area contributed by atoms with Crippen LogP contribution in [0, 0.1) is 0 Å². The minimum atomic E-state index is -1.13. The normalized spacial score (nSPS) is 18.4. The van der Waals surface area contributed by atoms with Crippen molar-refractivity contribution < 1.29 is 19.8 Å². The van der Waals surface area contributed by atoms with E-state index in [1.54, 1.807) is 0 Å². The molecule has 2 rings (SSSR count). The molecule has 1 aliphatic heterocycles. The Kier molecular flexibility index (Phi) is 4.64. The van der Waals surface area contributed by atoms with Crippen molar-refractivity contribution in [2.75, 3.05) is 25.5 Å². The summed E-state index contributed by atoms with van der Waals surface area (Å²) < 4.78 is 0. The van der Waals surface area contributed by atoms with Gasteiger partial charge < -0.3 is 25.7 Å². The molecule has 21 heavy (non-hydrogen) atoms. The molecule has 1 atom stereocenters. The highest BCUT2D eigenvalue weighted by molar-refractivity contribution is 5.93. The van der Waals surface area contributed by atoms with E-state index in [-0.39, 0.29) is 17.0 Å². The van der Waals surface area contributed by atoms with E-state index < -0.39 is 12.0 Å². The lowest BCUT2D eigenvalue weighted by Gasteiger charge is -2.19. The van der Waals surface area contributed by atoms with E-state index in [0.29, 0.717) is 12.6 Å². The average Bonchev–Trinajstić information content (AvgIpc) is 2.84. The number of amides is 2. The number of rotatable bonds is 4. The van der Waals surface area contributed by atoms with Gasteiger partial charge in [0.05, 0.1) is 11.3 Å². The Morgan fingerprint density at radius 2 is 2.19 bits per heavy atom. The SMILES string of the molecule is CN1CCCC1CNC(=O)Nc1ccc(C(=O)O)cc1O. The molecule has 1 fully saturated rings. The van der Waals surface area contributed by atoms with Crippen LogP contribution >= 0.6 is 0 Å². The highest BCUT2D eigenvalue weighted by atomic mass is 16.4. The van der Waals surface area contributed by atoms with Crippen molar-refractivity contribution in [3.63, 3.8) is 0 Å². The van der Waals surface area contributed by atoms with Gasteiger partial charge in [-0.2, -0.15) is 0 Å². The highest BCUT2D eigenvalue weighted by Gasteiger charge is 2.21. The number of aromatic hydroxyl groups is 1. The van der Waals surface area contributed by atoms with Crippen LogP contribution in [0.15, 0.2) is 18.2 Å². The number of urea groups is 1. The topological polar surface area (TPSA) is 102 Å². The van der Waals surface area contributed by atoms with E-state index in [1.165, 1.54) is 12.1 Å². The van der Waals surface area contributed by atoms with Crippen molar-refractivity contribution >= 4 is 17.7 Å². The fourth-order valence-electron chi connectivity index (χ4n) is 2.38. The predicted octanol–water partition coefficient (Wildman–Crippen LogP) is 1.31. The summed E-state index contributed by atoms with van der Waals surface area (Å²) in [6, 6.07) is 3.69. The fraction of sp³-hybridized carbons (Fsp3) is 0.429. The van der Waals surface area contributed by atoms with Crippen molar-refractivity contribution in [2.45, 2.75) is 18.9 Å². The summed E-state index contributed by atoms with van der Waals surface area (Å²) in [7, 11) is 2.02. The van der Waals surface area contributed by atoms with Gasteiger partial charge >= 0.3 is 12.0 Å². The third-order valence-electron chi connectivity index (χ3n) is 3.66. The summed E-state index contributed by atoms with van der Waals surface area (Å²) in [6.45, 7) is 1.57. The van der Waals surface area contributed by atoms with Gasteiger partial charge in [0.15, 0.2) is 0 Å². The number of hydrogen-bond acceptors (Lipinski definition) is 4. The van der Waals surface area contributed by atoms with E-state index in [4.69, 9.17) is 5.11 Å². The number of nitrogens with zero attached hydrogens (tertiary/aromatic N) is 1. The third kappa shape index (κ3) is 3.85. The number of carboxylic acid groups (broad SMARTS) is 1. The molecule has 4 N–H and O–H groups in total. The van der Waals surface area contributed by atoms with Gasteiger partial charge in [0, 0.05) is 12.6 Å². The molecular weight excluding hydrogens is 274 g/mol. The van der Waals surface area contributed by atoms with Gasteiger partial charge in [0.25, 0.3) is 0 Å². The number of anilines is 1. The number of carboxylic acids is 1. The average molecular weight is 293 g/mol. The van der Waals surface area contributed by atoms with E-state index in [9.17, 15) is 14.7 Å². The van der Waals surface area contributed by atoms with Crippen LogP contribution < -0.4 is 10.6 Å². The summed E-state index contributed by atoms with van der Waals surface area (Å²) in [5, 5.41) is 23.7. The quantitative estimate of drug-likeness (QED) is 0.627. The Bertz CT molecular complexity index is 547. The van der Waals surface area contributed by atoms with Crippen LogP contribution in [0.2, 0.25) is 0 Å². The first-order chi connectivity index (χ1) is 9.97. The van der Waals surface area contributed by atoms with Gasteiger partial charge in [-0.05, 0) is 44.6 Å². The van der Waals surface area contributed by atoms with Crippen molar-refractivity contribution in [3.8, 4) is 5.75 Å². The Morgan fingerprint density at radius 3 is 2.76 bits per heavy atom. The second kappa shape index (κ2) is 6.45. The molecule has 0 aliphatic carbocycles. The molecule has 2 amide bonds. The molecule has 1 aromatic rings. The second-order valence-corrected chi connectivity index (χ2v) is 5.15. The summed E-state index contributed by atoms with van der Waals surface area (Å²) in [5.41, 5.74) is 0.142. The molecule has 0 radical (unpaired) electrons. The standard InChI is InChI=1S/C14H19N3O4/c1-17-6-2-3-10(17)8-15-14(21)16-11-5-4-9(13(19)20)7-12(11)18/h4-5,7,10,18H,2-3,6,8H2,1H3,(H,19,20)(H2,15,16,21). The van der Waals surface area contributed by atoms with Crippen LogP contribution in [0.5, 0.6) is 5.75 Å². The van der Waals surface area contributed by atoms with Gasteiger partial charge in [0.1, 0.15) is 5.75 Å². The Hall–Kier alpha value is -2.28. The van der Waals surface area contributed by atoms with Crippen molar-refractivity contribution in [3.05, 3.63) is 23.8 Å². The molecule has 0 bridgehead atoms. The number of carbonyl (C=O) groups is 2. The minimum absolute atomic E-state index is 0.0361. The molecule has 0 aromatic heterocycles. The van der Waals surface area contributed by atoms with Gasteiger partial charge in [-0.1, -0.05) is 0 Å². The first-order valence-electron chi connectivity index (χ1n) is 6.79. The third-order valence-corrected chi connectivity index (χ3v) is 3.66. The molecule has 0 saturated carbocycles. The highest BCUT2D eigenvalue weighted by Crippen LogP contribution is 2.24. The van der Waals surface area contributed by atoms with Gasteiger partial charge in [-0.25, -0.2) is 9.59 Å². The monoisotopic (exact) mass is 293 g/mol. The summed E-state index contributed by atoms with van der Waals surface area (Å²) >= 11 is 0. The largest absolute Gasteiger partial charge is 0.506 e. The van der Waals surface area contributed by atoms with Crippen molar-refractivity contribution in [1.82, 2.24) is 10.2 Å². The molecular formula is C14H19N3O4. The number of likely N-dealkylation sites (tertiary alicyclic amines) is 1. The second-order valence-electron chi connectivity index (χ2n) is 5.15. The minimum Gasteiger partial charge on any atom is -0.506 e. The molecule has 0 spiro atoms. The fourth-order valence-corrected chi connectivity index (χ4v) is 2.38. The number of phenols is 1. The molecule has 7 nitrogen and oxygen atoms in total. The van der Waals surface area contributed by atoms with E-state index in [1.807, 2.05) is 7.05 Å². The summed E-state index contributed by atoms with van der Waals surface area (Å²) in [4.78, 5) is 24.7. The van der Waals surface area contributed by atoms with Gasteiger partial charge in [0.2, 0.25) is 0 Å². The zero-order valence-corrected chi connectivity index (χ0v) is 11.8. The number of nitrogens with one attached hydrogen (secondary N) is 2. The molecule has 1 saturated heterocycles. The lowest BCUT2D eigenvalue weighted by molar-refractivity contribution is 0.0696. The number of aromatic carboxylic acids is 1. The number of hydrogen-bond donors (Lipinski definition) is 4. The lowest BCUT2D eigenvalue weighted by Crippen LogP contribution is -2.40. The maximum absolute atomic E-state index is 11.8. The van der Waals surface area contributed by atoms with E-state index in [2.05, 4.69) is 15.5 Å². The van der Waals surface area contributed by atoms with Gasteiger partial charge in [-0.3, -0.25) is 0 Å². The van der Waals surface area contributed by atoms with Crippen LogP contribution in [-0.4, -0.2) is 53.3 Å². The predicted molar refractivity (Wildman–Crippen MR) is 77.7 cm³/mol. The van der Waals surface area contributed by atoms with Crippen LogP contribution in [-0.2, 0) is 0 Å². The molecule has 1 unspecified atom stereocenters. The van der Waals surface area contributed by atoms with Crippen LogP contribution in [0.3, 0.4) is 0 Å². The van der Waals surface area contributed by atoms with Crippen LogP contribution in [0.25, 0.3) is 0 Å². The maximum Gasteiger partial charge on any atom is 0.335 e. The number of benzene rings is 1. The molecule has 1 aromatic carbocycles. The first kappa shape index (κ1) is 15.1. The maximum atomic E-state index is 11.8. The smallest absolute Gasteiger partial charge is 0.335 e. The zero-order chi connectivity index (χ0) is 15.4. The van der Waals surface area contributed by atoms with Crippen LogP contribution in [0.4, 0.5) is 10.5 Å². The number of likely N-dealkylation sites (N-methyl/N-ethyl adjacent to an activating group) is 1. The van der Waals surface area contributed by atoms with Gasteiger partial charge in [-0.15, -0.1) is 0 Å². The Balaban J connectivity index is 1.89. The van der Waals surface area contributed by atoms with E-state index in [0.717, 1.165) is 25.5 Å². The summed E-state index contributed by atoms with van der Waals surface area (Å²) in [5.74, 6) is -1.41. The van der Waals surface area contributed by atoms with Crippen LogP contribution in [0.1, 0.15) is 23.2 Å². The molecule has 7 heteroatoms. The molecule has 1 aliphatic rings. The van der Waals surface area contributed by atoms with Crippen molar-refractivity contribution in [1.29, 1.82) is 0 Å². The number of carbonyl (C=O) groups excluding carboxylic acids is 1. The summed E-state index contributed by atoms with van der Waals surface area (Å²) in [6.07, 6.45) is 2.18. The van der Waals surface area contributed by atoms with E-state index >= 15 is 0 Å². The lowest BCUT2D eigenvalue weighted by atomic mass is 10.2. The Morgan fingerprint density at radius 1 is 1.43 bits per heavy atom. The Labute approximate surface area is 122 Å². The van der Waals surface area contributed by atoms with Crippen molar-refractivity contribution in [2.24, 2.45) is 0 Å². The molecule has 1 heterocycles. The first-order valence-corrected chi connectivity index (χ1v) is 6.79. The zero-order valence-electron chi connectivity index (χ0n) is 11.8. The molecule has 114 valence electrons.